The lowest BCUT2D eigenvalue weighted by Gasteiger charge is -2.17. The van der Waals surface area contributed by atoms with Crippen LogP contribution in [0.15, 0.2) is 60.3 Å². The zero-order valence-corrected chi connectivity index (χ0v) is 17.6. The second kappa shape index (κ2) is 8.42. The molecule has 0 atom stereocenters. The quantitative estimate of drug-likeness (QED) is 0.361. The first-order valence-electron chi connectivity index (χ1n) is 9.34. The summed E-state index contributed by atoms with van der Waals surface area (Å²) in [5, 5.41) is 0.802. The second-order valence-corrected chi connectivity index (χ2v) is 7.89. The summed E-state index contributed by atoms with van der Waals surface area (Å²) in [5.41, 5.74) is 2.42. The van der Waals surface area contributed by atoms with Crippen LogP contribution in [0.1, 0.15) is 45.0 Å². The summed E-state index contributed by atoms with van der Waals surface area (Å²) < 4.78 is 7.18. The summed E-state index contributed by atoms with van der Waals surface area (Å²) >= 11 is 0. The third kappa shape index (κ3) is 4.50. The number of hydrogen-bond acceptors (Lipinski definition) is 3. The predicted octanol–water partition coefficient (Wildman–Crippen LogP) is 5.53. The summed E-state index contributed by atoms with van der Waals surface area (Å²) in [7, 11) is 1.60. The number of ketones is 2. The van der Waals surface area contributed by atoms with Crippen molar-refractivity contribution in [3.05, 3.63) is 65.9 Å². The minimum absolute atomic E-state index is 0.0826. The lowest BCUT2D eigenvalue weighted by atomic mass is 9.91. The Morgan fingerprint density at radius 2 is 1.93 bits per heavy atom. The van der Waals surface area contributed by atoms with Gasteiger partial charge < -0.3 is 9.30 Å². The number of carbonyl (C=O) groups is 2. The van der Waals surface area contributed by atoms with E-state index in [1.54, 1.807) is 25.5 Å². The van der Waals surface area contributed by atoms with Gasteiger partial charge in [0.2, 0.25) is 0 Å². The molecule has 0 saturated carbocycles. The van der Waals surface area contributed by atoms with Gasteiger partial charge in [0.25, 0.3) is 0 Å². The Morgan fingerprint density at radius 1 is 1.25 bits per heavy atom. The molecule has 0 aliphatic carbocycles. The molecule has 0 amide bonds. The minimum Gasteiger partial charge on any atom is -0.497 e. The lowest BCUT2D eigenvalue weighted by molar-refractivity contribution is -0.126. The average Bonchev–Trinajstić information content (AvgIpc) is 3.02. The molecule has 0 aliphatic rings. The van der Waals surface area contributed by atoms with E-state index in [9.17, 15) is 9.59 Å². The van der Waals surface area contributed by atoms with Gasteiger partial charge in [-0.15, -0.1) is 0 Å². The first kappa shape index (κ1) is 21.4. The molecule has 2 aromatic rings. The number of aromatic nitrogens is 1. The third-order valence-electron chi connectivity index (χ3n) is 4.76. The number of allylic oxidation sites excluding steroid dienone is 5. The Hall–Kier alpha value is -2.88. The number of fused-ring (bicyclic) bond motifs is 1. The molecule has 1 aromatic heterocycles. The van der Waals surface area contributed by atoms with Crippen LogP contribution in [0.3, 0.4) is 0 Å². The van der Waals surface area contributed by atoms with Crippen molar-refractivity contribution in [1.82, 2.24) is 4.57 Å². The number of Topliss-reactive ketones (excluding diaryl/α,β-unsaturated/α-hetero) is 2. The lowest BCUT2D eigenvalue weighted by Crippen LogP contribution is -2.24. The standard InChI is InChI=1S/C24H29NO3/c1-8-16(3)12-17(9-2)23(27)20-14-25(15-22(26)24(4,5)6)21-13-18(28-7)10-11-19(20)21/h8-14H,1,15H2,2-7H3/b16-12-,17-9+. The van der Waals surface area contributed by atoms with Gasteiger partial charge in [0.05, 0.1) is 19.2 Å². The van der Waals surface area contributed by atoms with Crippen molar-refractivity contribution in [2.75, 3.05) is 7.11 Å². The molecule has 0 unspecified atom stereocenters. The van der Waals surface area contributed by atoms with Gasteiger partial charge in [0.1, 0.15) is 5.75 Å². The van der Waals surface area contributed by atoms with E-state index in [4.69, 9.17) is 4.74 Å². The molecule has 0 bridgehead atoms. The molecule has 4 nitrogen and oxygen atoms in total. The Labute approximate surface area is 167 Å². The average molecular weight is 380 g/mol. The number of methoxy groups -OCH3 is 1. The number of benzene rings is 1. The van der Waals surface area contributed by atoms with Crippen LogP contribution in [0, 0.1) is 5.41 Å². The van der Waals surface area contributed by atoms with E-state index in [2.05, 4.69) is 6.58 Å². The van der Waals surface area contributed by atoms with Crippen molar-refractivity contribution < 1.29 is 14.3 Å². The molecule has 148 valence electrons. The minimum atomic E-state index is -0.460. The fourth-order valence-corrected chi connectivity index (χ4v) is 2.84. The predicted molar refractivity (Wildman–Crippen MR) is 115 cm³/mol. The van der Waals surface area contributed by atoms with Gasteiger partial charge in [-0.3, -0.25) is 9.59 Å². The maximum absolute atomic E-state index is 13.2. The highest BCUT2D eigenvalue weighted by Crippen LogP contribution is 2.29. The molecule has 0 spiro atoms. The Bertz CT molecular complexity index is 981. The van der Waals surface area contributed by atoms with Gasteiger partial charge in [-0.25, -0.2) is 0 Å². The van der Waals surface area contributed by atoms with Crippen LogP contribution in [0.5, 0.6) is 5.75 Å². The number of rotatable bonds is 7. The van der Waals surface area contributed by atoms with E-state index in [-0.39, 0.29) is 18.1 Å². The molecule has 0 fully saturated rings. The molecule has 1 aromatic carbocycles. The van der Waals surface area contributed by atoms with Crippen LogP contribution in [0.25, 0.3) is 10.9 Å². The second-order valence-electron chi connectivity index (χ2n) is 7.89. The highest BCUT2D eigenvalue weighted by Gasteiger charge is 2.24. The first-order chi connectivity index (χ1) is 13.1. The maximum Gasteiger partial charge on any atom is 0.194 e. The van der Waals surface area contributed by atoms with Crippen LogP contribution in [0.2, 0.25) is 0 Å². The van der Waals surface area contributed by atoms with Gasteiger partial charge in [-0.2, -0.15) is 0 Å². The van der Waals surface area contributed by atoms with Gasteiger partial charge in [-0.1, -0.05) is 45.1 Å². The normalized spacial score (nSPS) is 12.9. The highest BCUT2D eigenvalue weighted by atomic mass is 16.5. The van der Waals surface area contributed by atoms with E-state index in [0.717, 1.165) is 16.5 Å². The molecule has 0 aliphatic heterocycles. The van der Waals surface area contributed by atoms with Crippen LogP contribution in [-0.2, 0) is 11.3 Å². The molecule has 0 saturated heterocycles. The van der Waals surface area contributed by atoms with Gasteiger partial charge >= 0.3 is 0 Å². The molecule has 1 heterocycles. The summed E-state index contributed by atoms with van der Waals surface area (Å²) in [4.78, 5) is 25.8. The maximum atomic E-state index is 13.2. The SMILES string of the molecule is C=C/C(C)=C\C(=C/C)C(=O)c1cn(CC(=O)C(C)(C)C)c2cc(OC)ccc12. The van der Waals surface area contributed by atoms with E-state index in [1.165, 1.54) is 0 Å². The molecular weight excluding hydrogens is 350 g/mol. The fraction of sp³-hybridized carbons (Fsp3) is 0.333. The molecule has 4 heteroatoms. The van der Waals surface area contributed by atoms with Crippen molar-refractivity contribution in [2.45, 2.75) is 41.2 Å². The van der Waals surface area contributed by atoms with Gasteiger partial charge in [0.15, 0.2) is 11.6 Å². The third-order valence-corrected chi connectivity index (χ3v) is 4.76. The van der Waals surface area contributed by atoms with Gasteiger partial charge in [0, 0.05) is 34.2 Å². The van der Waals surface area contributed by atoms with Crippen molar-refractivity contribution in [3.63, 3.8) is 0 Å². The van der Waals surface area contributed by atoms with Crippen molar-refractivity contribution in [1.29, 1.82) is 0 Å². The van der Waals surface area contributed by atoms with Crippen LogP contribution < -0.4 is 4.74 Å². The Balaban J connectivity index is 2.62. The van der Waals surface area contributed by atoms with Gasteiger partial charge in [-0.05, 0) is 32.1 Å². The summed E-state index contributed by atoms with van der Waals surface area (Å²) in [6.45, 7) is 13.4. The zero-order valence-electron chi connectivity index (χ0n) is 17.6. The monoisotopic (exact) mass is 379 g/mol. The Morgan fingerprint density at radius 3 is 2.46 bits per heavy atom. The van der Waals surface area contributed by atoms with E-state index in [0.29, 0.717) is 16.9 Å². The van der Waals surface area contributed by atoms with Crippen LogP contribution in [-0.4, -0.2) is 23.2 Å². The van der Waals surface area contributed by atoms with Crippen LogP contribution >= 0.6 is 0 Å². The molecular formula is C24H29NO3. The molecule has 28 heavy (non-hydrogen) atoms. The van der Waals surface area contributed by atoms with Crippen molar-refractivity contribution in [2.24, 2.45) is 5.41 Å². The zero-order chi connectivity index (χ0) is 21.1. The topological polar surface area (TPSA) is 48.3 Å². The summed E-state index contributed by atoms with van der Waals surface area (Å²) in [6.07, 6.45) is 7.11. The van der Waals surface area contributed by atoms with E-state index in [1.807, 2.05) is 63.5 Å². The molecule has 0 radical (unpaired) electrons. The highest BCUT2D eigenvalue weighted by molar-refractivity contribution is 6.17. The number of hydrogen-bond donors (Lipinski definition) is 0. The summed E-state index contributed by atoms with van der Waals surface area (Å²) in [5.74, 6) is 0.698. The largest absolute Gasteiger partial charge is 0.497 e. The summed E-state index contributed by atoms with van der Waals surface area (Å²) in [6, 6.07) is 5.56. The van der Waals surface area contributed by atoms with Crippen LogP contribution in [0.4, 0.5) is 0 Å². The Kier molecular flexibility index (Phi) is 6.45. The van der Waals surface area contributed by atoms with Crippen molar-refractivity contribution >= 4 is 22.5 Å². The number of ether oxygens (including phenoxy) is 1. The first-order valence-corrected chi connectivity index (χ1v) is 9.34. The van der Waals surface area contributed by atoms with Crippen molar-refractivity contribution in [3.8, 4) is 5.75 Å². The molecule has 2 rings (SSSR count). The number of carbonyl (C=O) groups excluding carboxylic acids is 2. The smallest absolute Gasteiger partial charge is 0.194 e. The van der Waals surface area contributed by atoms with E-state index >= 15 is 0 Å². The van der Waals surface area contributed by atoms with E-state index < -0.39 is 5.41 Å². The molecule has 0 N–H and O–H groups in total. The fourth-order valence-electron chi connectivity index (χ4n) is 2.84. The number of nitrogens with zero attached hydrogens (tertiary/aromatic N) is 1.